The van der Waals surface area contributed by atoms with Crippen molar-refractivity contribution < 1.29 is 4.18 Å². The summed E-state index contributed by atoms with van der Waals surface area (Å²) in [6, 6.07) is 0. The predicted octanol–water partition coefficient (Wildman–Crippen LogP) is 3.35. The minimum atomic E-state index is -0.868. The molecule has 4 heteroatoms. The van der Waals surface area contributed by atoms with Gasteiger partial charge in [-0.2, -0.15) is 0 Å². The smallest absolute Gasteiger partial charge is 0.127 e. The maximum Gasteiger partial charge on any atom is 0.333 e. The van der Waals surface area contributed by atoms with E-state index >= 15 is 0 Å². The van der Waals surface area contributed by atoms with E-state index in [9.17, 15) is 0 Å². The molecule has 0 saturated heterocycles. The Hall–Kier alpha value is 0.230. The van der Waals surface area contributed by atoms with Crippen LogP contribution in [-0.4, -0.2) is 5.60 Å². The molecule has 0 bridgehead atoms. The predicted molar refractivity (Wildman–Crippen MR) is 78.4 cm³/mol. The van der Waals surface area contributed by atoms with E-state index in [1.165, 1.54) is 77.0 Å². The standard InChI is InChI=1S/C14H28N2OS/c15-18(16)17-14(11-7-3-4-8-12-14)13-9-5-1-2-6-10-13/h13H,1-12H2,(H3,15,16)/p+1. The molecule has 3 nitrogen and oxygen atoms in total. The van der Waals surface area contributed by atoms with Gasteiger partial charge in [-0.1, -0.05) is 51.4 Å². The van der Waals surface area contributed by atoms with Gasteiger partial charge in [-0.3, -0.25) is 0 Å². The van der Waals surface area contributed by atoms with Gasteiger partial charge in [0, 0.05) is 0 Å². The van der Waals surface area contributed by atoms with Crippen molar-refractivity contribution >= 4 is 11.5 Å². The fraction of sp³-hybridized carbons (Fsp3) is 1.00. The van der Waals surface area contributed by atoms with Gasteiger partial charge < -0.3 is 0 Å². The highest BCUT2D eigenvalue weighted by molar-refractivity contribution is 7.87. The number of hydrogen-bond acceptors (Lipinski definition) is 3. The third-order valence-corrected chi connectivity index (χ3v) is 5.34. The van der Waals surface area contributed by atoms with Crippen LogP contribution < -0.4 is 10.3 Å². The molecule has 2 aliphatic carbocycles. The Balaban J connectivity index is 2.10. The molecular weight excluding hydrogens is 244 g/mol. The fourth-order valence-corrected chi connectivity index (χ4v) is 4.57. The minimum Gasteiger partial charge on any atom is -0.127 e. The molecule has 0 aromatic carbocycles. The molecule has 4 N–H and O–H groups in total. The van der Waals surface area contributed by atoms with Crippen LogP contribution in [0.5, 0.6) is 0 Å². The molecule has 0 atom stereocenters. The third-order valence-electron chi connectivity index (χ3n) is 4.81. The Bertz CT molecular complexity index is 232. The first kappa shape index (κ1) is 14.6. The van der Waals surface area contributed by atoms with E-state index in [1.54, 1.807) is 0 Å². The van der Waals surface area contributed by atoms with Gasteiger partial charge in [0.2, 0.25) is 0 Å². The minimum absolute atomic E-state index is 0.00739. The van der Waals surface area contributed by atoms with Crippen LogP contribution in [0.15, 0.2) is 0 Å². The summed E-state index contributed by atoms with van der Waals surface area (Å²) in [5.41, 5.74) is 0.00739. The Kier molecular flexibility index (Phi) is 5.80. The highest BCUT2D eigenvalue weighted by Crippen LogP contribution is 2.43. The molecule has 0 radical (unpaired) electrons. The lowest BCUT2D eigenvalue weighted by molar-refractivity contribution is 0.000305. The largest absolute Gasteiger partial charge is 0.333 e. The summed E-state index contributed by atoms with van der Waals surface area (Å²) in [7, 11) is 0. The zero-order valence-electron chi connectivity index (χ0n) is 11.5. The van der Waals surface area contributed by atoms with E-state index in [-0.39, 0.29) is 5.60 Å². The third kappa shape index (κ3) is 3.86. The van der Waals surface area contributed by atoms with Crippen molar-refractivity contribution in [2.75, 3.05) is 0 Å². The van der Waals surface area contributed by atoms with Gasteiger partial charge in [-0.25, -0.2) is 0 Å². The first-order chi connectivity index (χ1) is 8.73. The van der Waals surface area contributed by atoms with Crippen molar-refractivity contribution in [3.05, 3.63) is 0 Å². The molecule has 18 heavy (non-hydrogen) atoms. The lowest BCUT2D eigenvalue weighted by atomic mass is 9.77. The molecule has 2 rings (SSSR count). The van der Waals surface area contributed by atoms with Crippen LogP contribution in [0.4, 0.5) is 0 Å². The van der Waals surface area contributed by atoms with Gasteiger partial charge >= 0.3 is 11.5 Å². The quantitative estimate of drug-likeness (QED) is 0.612. The van der Waals surface area contributed by atoms with Crippen LogP contribution in [-0.2, 0) is 15.7 Å². The lowest BCUT2D eigenvalue weighted by Crippen LogP contribution is -2.46. The first-order valence-corrected chi connectivity index (χ1v) is 8.93. The molecule has 2 saturated carbocycles. The fourth-order valence-electron chi connectivity index (χ4n) is 3.88. The van der Waals surface area contributed by atoms with Gasteiger partial charge in [-0.05, 0) is 31.6 Å². The van der Waals surface area contributed by atoms with E-state index in [2.05, 4.69) is 0 Å². The Morgan fingerprint density at radius 1 is 0.778 bits per heavy atom. The summed E-state index contributed by atoms with van der Waals surface area (Å²) in [4.78, 5) is 0. The molecule has 0 unspecified atom stereocenters. The molecule has 0 aliphatic heterocycles. The van der Waals surface area contributed by atoms with E-state index < -0.39 is 11.5 Å². The van der Waals surface area contributed by atoms with Gasteiger partial charge in [0.15, 0.2) is 0 Å². The Labute approximate surface area is 115 Å². The number of rotatable bonds is 3. The molecule has 0 aromatic rings. The second-order valence-electron chi connectivity index (χ2n) is 6.08. The van der Waals surface area contributed by atoms with Gasteiger partial charge in [0.25, 0.3) is 0 Å². The molecule has 0 spiro atoms. The lowest BCUT2D eigenvalue weighted by Gasteiger charge is -2.35. The average molecular weight is 273 g/mol. The SMILES string of the molecule is N[S+](N)OC1(C2CCCCCC2)CCCCCC1. The molecule has 0 aromatic heterocycles. The van der Waals surface area contributed by atoms with E-state index in [1.807, 2.05) is 0 Å². The van der Waals surface area contributed by atoms with E-state index in [0.717, 1.165) is 0 Å². The van der Waals surface area contributed by atoms with Gasteiger partial charge in [0.1, 0.15) is 5.60 Å². The zero-order chi connectivity index (χ0) is 12.8. The summed E-state index contributed by atoms with van der Waals surface area (Å²) < 4.78 is 6.14. The van der Waals surface area contributed by atoms with Crippen LogP contribution in [0.2, 0.25) is 0 Å². The summed E-state index contributed by atoms with van der Waals surface area (Å²) in [5, 5.41) is 11.6. The van der Waals surface area contributed by atoms with Crippen molar-refractivity contribution in [3.8, 4) is 0 Å². The average Bonchev–Trinajstić information content (AvgIpc) is 2.70. The van der Waals surface area contributed by atoms with Crippen molar-refractivity contribution in [1.82, 2.24) is 0 Å². The van der Waals surface area contributed by atoms with Crippen LogP contribution in [0, 0.1) is 5.92 Å². The van der Waals surface area contributed by atoms with Crippen molar-refractivity contribution in [3.63, 3.8) is 0 Å². The number of hydrogen-bond donors (Lipinski definition) is 2. The summed E-state index contributed by atoms with van der Waals surface area (Å²) in [6.45, 7) is 0. The Morgan fingerprint density at radius 3 is 1.78 bits per heavy atom. The molecule has 0 amide bonds. The maximum absolute atomic E-state index is 6.14. The van der Waals surface area contributed by atoms with Gasteiger partial charge in [-0.15, -0.1) is 14.5 Å². The van der Waals surface area contributed by atoms with Crippen molar-refractivity contribution in [1.29, 1.82) is 0 Å². The molecular formula is C14H29N2OS+. The highest BCUT2D eigenvalue weighted by atomic mass is 32.2. The van der Waals surface area contributed by atoms with Crippen LogP contribution in [0.1, 0.15) is 77.0 Å². The molecule has 0 heterocycles. The summed E-state index contributed by atoms with van der Waals surface area (Å²) in [6.07, 6.45) is 15.8. The van der Waals surface area contributed by atoms with Crippen molar-refractivity contribution in [2.45, 2.75) is 82.7 Å². The molecule has 106 valence electrons. The highest BCUT2D eigenvalue weighted by Gasteiger charge is 2.45. The van der Waals surface area contributed by atoms with Crippen LogP contribution in [0.3, 0.4) is 0 Å². The van der Waals surface area contributed by atoms with Crippen LogP contribution in [0.25, 0.3) is 0 Å². The zero-order valence-corrected chi connectivity index (χ0v) is 12.4. The first-order valence-electron chi connectivity index (χ1n) is 7.65. The summed E-state index contributed by atoms with van der Waals surface area (Å²) in [5.74, 6) is 0.695. The molecule has 2 fully saturated rings. The van der Waals surface area contributed by atoms with Crippen LogP contribution >= 0.6 is 0 Å². The Morgan fingerprint density at radius 2 is 1.28 bits per heavy atom. The monoisotopic (exact) mass is 273 g/mol. The van der Waals surface area contributed by atoms with E-state index in [0.29, 0.717) is 5.92 Å². The molecule has 2 aliphatic rings. The maximum atomic E-state index is 6.14. The topological polar surface area (TPSA) is 61.3 Å². The summed E-state index contributed by atoms with van der Waals surface area (Å²) >= 11 is -0.868. The van der Waals surface area contributed by atoms with E-state index in [4.69, 9.17) is 14.5 Å². The number of nitrogens with two attached hydrogens (primary N) is 2. The second-order valence-corrected chi connectivity index (χ2v) is 6.90. The van der Waals surface area contributed by atoms with Gasteiger partial charge in [0.05, 0.1) is 0 Å². The second kappa shape index (κ2) is 7.13. The van der Waals surface area contributed by atoms with Crippen molar-refractivity contribution in [2.24, 2.45) is 16.2 Å². The normalized spacial score (nSPS) is 26.8.